The lowest BCUT2D eigenvalue weighted by molar-refractivity contribution is 0.0881. The number of aromatic nitrogens is 1. The number of amides is 2. The van der Waals surface area contributed by atoms with E-state index in [0.29, 0.717) is 5.75 Å². The van der Waals surface area contributed by atoms with Gasteiger partial charge in [0.25, 0.3) is 5.91 Å². The Hall–Kier alpha value is -3.03. The highest BCUT2D eigenvalue weighted by molar-refractivity contribution is 5.91. The Balaban J connectivity index is 2.27. The van der Waals surface area contributed by atoms with Gasteiger partial charge in [-0.15, -0.1) is 0 Å². The fourth-order valence-corrected chi connectivity index (χ4v) is 1.97. The van der Waals surface area contributed by atoms with Gasteiger partial charge in [-0.25, -0.2) is 9.78 Å². The van der Waals surface area contributed by atoms with E-state index in [-0.39, 0.29) is 17.9 Å². The summed E-state index contributed by atoms with van der Waals surface area (Å²) in [6, 6.07) is 7.09. The number of nitrogens with two attached hydrogens (primary N) is 2. The number of hydrogen-bond donors (Lipinski definition) is 2. The maximum atomic E-state index is 11.3. The largest absolute Gasteiger partial charge is 0.497 e. The lowest BCUT2D eigenvalue weighted by Gasteiger charge is -2.15. The van der Waals surface area contributed by atoms with E-state index in [9.17, 15) is 9.59 Å². The van der Waals surface area contributed by atoms with Crippen LogP contribution in [0.5, 0.6) is 5.75 Å². The summed E-state index contributed by atoms with van der Waals surface area (Å²) in [5.41, 5.74) is 11.0. The molecule has 0 saturated heterocycles. The van der Waals surface area contributed by atoms with Gasteiger partial charge in [0.2, 0.25) is 0 Å². The van der Waals surface area contributed by atoms with Gasteiger partial charge in [0.15, 0.2) is 24.0 Å². The zero-order chi connectivity index (χ0) is 16.1. The molecule has 0 radical (unpaired) electrons. The van der Waals surface area contributed by atoms with Crippen LogP contribution in [0, 0.1) is 0 Å². The zero-order valence-corrected chi connectivity index (χ0v) is 11.8. The standard InChI is InChI=1S/C14H15N3O5/c1-20-9-4-2-8(3-5-9)6-10(22-14(16)19)12-11(13(15)18)17-7-21-12/h2-5,7,10H,6H2,1H3,(H2,15,18)(H2,16,19). The van der Waals surface area contributed by atoms with E-state index in [1.54, 1.807) is 31.4 Å². The monoisotopic (exact) mass is 305 g/mol. The van der Waals surface area contributed by atoms with Crippen molar-refractivity contribution >= 4 is 12.0 Å². The molecule has 0 bridgehead atoms. The summed E-state index contributed by atoms with van der Waals surface area (Å²) in [6.45, 7) is 0. The first-order chi connectivity index (χ1) is 10.5. The van der Waals surface area contributed by atoms with Gasteiger partial charge in [0, 0.05) is 6.42 Å². The van der Waals surface area contributed by atoms with Gasteiger partial charge in [-0.3, -0.25) is 4.79 Å². The fraction of sp³-hybridized carbons (Fsp3) is 0.214. The number of methoxy groups -OCH3 is 1. The first-order valence-electron chi connectivity index (χ1n) is 6.33. The molecule has 1 aromatic heterocycles. The normalized spacial score (nSPS) is 11.7. The predicted molar refractivity (Wildman–Crippen MR) is 75.1 cm³/mol. The highest BCUT2D eigenvalue weighted by Crippen LogP contribution is 2.26. The minimum Gasteiger partial charge on any atom is -0.497 e. The van der Waals surface area contributed by atoms with Crippen molar-refractivity contribution in [1.29, 1.82) is 0 Å². The highest BCUT2D eigenvalue weighted by atomic mass is 16.6. The fourth-order valence-electron chi connectivity index (χ4n) is 1.97. The molecule has 0 aliphatic heterocycles. The molecule has 1 atom stereocenters. The number of hydrogen-bond acceptors (Lipinski definition) is 6. The van der Waals surface area contributed by atoms with E-state index in [1.807, 2.05) is 0 Å². The van der Waals surface area contributed by atoms with Crippen LogP contribution in [0.3, 0.4) is 0 Å². The molecule has 0 aliphatic rings. The molecule has 2 amide bonds. The van der Waals surface area contributed by atoms with Crippen molar-refractivity contribution in [1.82, 2.24) is 4.98 Å². The Kier molecular flexibility index (Phi) is 4.62. The Bertz CT molecular complexity index is 665. The van der Waals surface area contributed by atoms with Crippen LogP contribution in [-0.4, -0.2) is 24.1 Å². The van der Waals surface area contributed by atoms with Crippen LogP contribution in [0.4, 0.5) is 4.79 Å². The number of carbonyl (C=O) groups is 2. The van der Waals surface area contributed by atoms with E-state index >= 15 is 0 Å². The van der Waals surface area contributed by atoms with E-state index in [1.165, 1.54) is 0 Å². The molecule has 1 unspecified atom stereocenters. The van der Waals surface area contributed by atoms with Crippen molar-refractivity contribution in [3.63, 3.8) is 0 Å². The van der Waals surface area contributed by atoms with Gasteiger partial charge in [0.05, 0.1) is 7.11 Å². The Morgan fingerprint density at radius 2 is 1.95 bits per heavy atom. The lowest BCUT2D eigenvalue weighted by Crippen LogP contribution is -2.22. The number of carbonyl (C=O) groups excluding carboxylic acids is 2. The molecule has 116 valence electrons. The lowest BCUT2D eigenvalue weighted by atomic mass is 10.0. The molecule has 0 fully saturated rings. The van der Waals surface area contributed by atoms with Crippen molar-refractivity contribution in [3.05, 3.63) is 47.7 Å². The van der Waals surface area contributed by atoms with E-state index < -0.39 is 18.1 Å². The van der Waals surface area contributed by atoms with E-state index in [0.717, 1.165) is 12.0 Å². The second-order valence-corrected chi connectivity index (χ2v) is 4.41. The molecule has 0 saturated carbocycles. The third-order valence-electron chi connectivity index (χ3n) is 2.96. The molecular weight excluding hydrogens is 290 g/mol. The molecular formula is C14H15N3O5. The van der Waals surface area contributed by atoms with Crippen LogP contribution in [0.2, 0.25) is 0 Å². The van der Waals surface area contributed by atoms with Crippen molar-refractivity contribution in [2.24, 2.45) is 11.5 Å². The smallest absolute Gasteiger partial charge is 0.405 e. The van der Waals surface area contributed by atoms with Crippen molar-refractivity contribution < 1.29 is 23.5 Å². The van der Waals surface area contributed by atoms with Gasteiger partial charge >= 0.3 is 6.09 Å². The number of nitrogens with zero attached hydrogens (tertiary/aromatic N) is 1. The molecule has 1 heterocycles. The summed E-state index contributed by atoms with van der Waals surface area (Å²) in [7, 11) is 1.56. The SMILES string of the molecule is COc1ccc(CC(OC(N)=O)c2ocnc2C(N)=O)cc1. The average Bonchev–Trinajstić information content (AvgIpc) is 2.96. The molecule has 8 heteroatoms. The average molecular weight is 305 g/mol. The Morgan fingerprint density at radius 3 is 2.50 bits per heavy atom. The summed E-state index contributed by atoms with van der Waals surface area (Å²) in [5.74, 6) is -0.0349. The van der Waals surface area contributed by atoms with E-state index in [2.05, 4.69) is 4.98 Å². The highest BCUT2D eigenvalue weighted by Gasteiger charge is 2.26. The minimum absolute atomic E-state index is 0.0575. The second kappa shape index (κ2) is 6.61. The molecule has 0 spiro atoms. The maximum Gasteiger partial charge on any atom is 0.405 e. The van der Waals surface area contributed by atoms with Gasteiger partial charge in [-0.1, -0.05) is 12.1 Å². The molecule has 8 nitrogen and oxygen atoms in total. The summed E-state index contributed by atoms with van der Waals surface area (Å²) < 4.78 is 15.2. The Labute approximate surface area is 126 Å². The summed E-state index contributed by atoms with van der Waals surface area (Å²) in [4.78, 5) is 26.1. The van der Waals surface area contributed by atoms with Crippen LogP contribution >= 0.6 is 0 Å². The third-order valence-corrected chi connectivity index (χ3v) is 2.96. The second-order valence-electron chi connectivity index (χ2n) is 4.41. The molecule has 2 rings (SSSR count). The van der Waals surface area contributed by atoms with Crippen LogP contribution in [0.1, 0.15) is 27.9 Å². The van der Waals surface area contributed by atoms with E-state index in [4.69, 9.17) is 25.4 Å². The van der Waals surface area contributed by atoms with Gasteiger partial charge in [0.1, 0.15) is 5.75 Å². The van der Waals surface area contributed by atoms with Crippen molar-refractivity contribution in [2.45, 2.75) is 12.5 Å². The Morgan fingerprint density at radius 1 is 1.27 bits per heavy atom. The molecule has 1 aromatic carbocycles. The van der Waals surface area contributed by atoms with Crippen LogP contribution in [0.15, 0.2) is 35.1 Å². The van der Waals surface area contributed by atoms with Gasteiger partial charge in [-0.05, 0) is 17.7 Å². The van der Waals surface area contributed by atoms with Crippen LogP contribution in [0.25, 0.3) is 0 Å². The van der Waals surface area contributed by atoms with Crippen molar-refractivity contribution in [3.8, 4) is 5.75 Å². The van der Waals surface area contributed by atoms with Crippen LogP contribution in [-0.2, 0) is 11.2 Å². The summed E-state index contributed by atoms with van der Waals surface area (Å²) in [6.07, 6.45) is -0.607. The first kappa shape index (κ1) is 15.4. The molecule has 22 heavy (non-hydrogen) atoms. The first-order valence-corrected chi connectivity index (χ1v) is 6.33. The minimum atomic E-state index is -0.995. The summed E-state index contributed by atoms with van der Waals surface area (Å²) >= 11 is 0. The number of rotatable bonds is 6. The molecule has 4 N–H and O–H groups in total. The number of oxazole rings is 1. The van der Waals surface area contributed by atoms with Gasteiger partial charge < -0.3 is 25.4 Å². The number of primary amides is 2. The quantitative estimate of drug-likeness (QED) is 0.823. The molecule has 0 aliphatic carbocycles. The van der Waals surface area contributed by atoms with Crippen molar-refractivity contribution in [2.75, 3.05) is 7.11 Å². The number of benzene rings is 1. The maximum absolute atomic E-state index is 11.3. The van der Waals surface area contributed by atoms with Gasteiger partial charge in [-0.2, -0.15) is 0 Å². The zero-order valence-electron chi connectivity index (χ0n) is 11.8. The number of ether oxygens (including phenoxy) is 2. The predicted octanol–water partition coefficient (Wildman–Crippen LogP) is 1.16. The summed E-state index contributed by atoms with van der Waals surface area (Å²) in [5, 5.41) is 0. The topological polar surface area (TPSA) is 131 Å². The van der Waals surface area contributed by atoms with Crippen LogP contribution < -0.4 is 16.2 Å². The molecule has 2 aromatic rings. The third kappa shape index (κ3) is 3.54.